The van der Waals surface area contributed by atoms with E-state index in [2.05, 4.69) is 49.3 Å². The molecule has 3 aromatic rings. The van der Waals surface area contributed by atoms with Gasteiger partial charge in [-0.3, -0.25) is 5.10 Å². The van der Waals surface area contributed by atoms with Crippen LogP contribution in [0.3, 0.4) is 0 Å². The van der Waals surface area contributed by atoms with Gasteiger partial charge in [-0.2, -0.15) is 5.10 Å². The largest absolute Gasteiger partial charge is 0.378 e. The molecule has 1 N–H and O–H groups in total. The quantitative estimate of drug-likeness (QED) is 0.765. The van der Waals surface area contributed by atoms with E-state index < -0.39 is 0 Å². The van der Waals surface area contributed by atoms with Crippen LogP contribution in [0.5, 0.6) is 0 Å². The Hall–Kier alpha value is -2.73. The van der Waals surface area contributed by atoms with Crippen LogP contribution in [0.1, 0.15) is 30.1 Å². The summed E-state index contributed by atoms with van der Waals surface area (Å²) < 4.78 is 5.17. The summed E-state index contributed by atoms with van der Waals surface area (Å²) in [6.07, 6.45) is 5.72. The van der Waals surface area contributed by atoms with Gasteiger partial charge in [0.1, 0.15) is 12.1 Å². The summed E-state index contributed by atoms with van der Waals surface area (Å²) in [6.45, 7) is 2.46. The third kappa shape index (κ3) is 3.46. The number of hydrogen-bond acceptors (Lipinski definition) is 5. The molecule has 6 heteroatoms. The number of hydrogen-bond donors (Lipinski definition) is 1. The van der Waals surface area contributed by atoms with Gasteiger partial charge in [0, 0.05) is 43.4 Å². The summed E-state index contributed by atoms with van der Waals surface area (Å²) in [6, 6.07) is 12.5. The maximum atomic E-state index is 5.17. The lowest BCUT2D eigenvalue weighted by Gasteiger charge is -2.32. The Morgan fingerprint density at radius 2 is 1.96 bits per heavy atom. The van der Waals surface area contributed by atoms with Gasteiger partial charge in [-0.05, 0) is 18.4 Å². The van der Waals surface area contributed by atoms with Gasteiger partial charge >= 0.3 is 0 Å². The van der Waals surface area contributed by atoms with Crippen molar-refractivity contribution in [3.8, 4) is 11.1 Å². The van der Waals surface area contributed by atoms with Crippen molar-refractivity contribution in [3.05, 3.63) is 60.3 Å². The van der Waals surface area contributed by atoms with E-state index >= 15 is 0 Å². The molecule has 0 saturated carbocycles. The number of benzene rings is 1. The molecule has 0 unspecified atom stereocenters. The maximum absolute atomic E-state index is 5.17. The summed E-state index contributed by atoms with van der Waals surface area (Å²) in [5.41, 5.74) is 4.60. The number of aromatic amines is 1. The summed E-state index contributed by atoms with van der Waals surface area (Å²) in [7, 11) is 1.68. The van der Waals surface area contributed by atoms with Gasteiger partial charge < -0.3 is 9.64 Å². The van der Waals surface area contributed by atoms with Gasteiger partial charge in [-0.1, -0.05) is 30.3 Å². The molecule has 6 nitrogen and oxygen atoms in total. The minimum absolute atomic E-state index is 0.490. The van der Waals surface area contributed by atoms with Gasteiger partial charge in [-0.15, -0.1) is 0 Å². The number of anilines is 1. The van der Waals surface area contributed by atoms with Crippen LogP contribution in [-0.2, 0) is 11.3 Å². The molecule has 1 saturated heterocycles. The maximum Gasteiger partial charge on any atom is 0.132 e. The van der Waals surface area contributed by atoms with Crippen LogP contribution in [0.15, 0.2) is 48.9 Å². The lowest BCUT2D eigenvalue weighted by Crippen LogP contribution is -2.33. The Balaban J connectivity index is 1.46. The van der Waals surface area contributed by atoms with Crippen LogP contribution in [-0.4, -0.2) is 40.4 Å². The molecule has 0 amide bonds. The zero-order valence-corrected chi connectivity index (χ0v) is 14.9. The number of methoxy groups -OCH3 is 1. The van der Waals surface area contributed by atoms with Crippen molar-refractivity contribution in [2.45, 2.75) is 25.4 Å². The van der Waals surface area contributed by atoms with Crippen LogP contribution in [0.4, 0.5) is 5.82 Å². The molecule has 1 aliphatic heterocycles. The average Bonchev–Trinajstić information content (AvgIpc) is 3.19. The van der Waals surface area contributed by atoms with Crippen LogP contribution in [0.25, 0.3) is 11.1 Å². The van der Waals surface area contributed by atoms with Crippen molar-refractivity contribution in [3.63, 3.8) is 0 Å². The van der Waals surface area contributed by atoms with Crippen LogP contribution >= 0.6 is 0 Å². The monoisotopic (exact) mass is 349 g/mol. The molecule has 134 valence electrons. The molecule has 0 radical (unpaired) electrons. The summed E-state index contributed by atoms with van der Waals surface area (Å²) in [5, 5.41) is 7.55. The number of nitrogens with zero attached hydrogens (tertiary/aromatic N) is 4. The van der Waals surface area contributed by atoms with Crippen LogP contribution in [0.2, 0.25) is 0 Å². The lowest BCUT2D eigenvalue weighted by atomic mass is 9.89. The highest BCUT2D eigenvalue weighted by Gasteiger charge is 2.25. The molecule has 3 heterocycles. The first-order valence-electron chi connectivity index (χ1n) is 8.98. The number of piperidine rings is 1. The van der Waals surface area contributed by atoms with E-state index in [-0.39, 0.29) is 0 Å². The minimum Gasteiger partial charge on any atom is -0.378 e. The van der Waals surface area contributed by atoms with Crippen LogP contribution < -0.4 is 4.90 Å². The second kappa shape index (κ2) is 7.66. The highest BCUT2D eigenvalue weighted by Crippen LogP contribution is 2.34. The van der Waals surface area contributed by atoms with E-state index in [1.54, 1.807) is 13.4 Å². The topological polar surface area (TPSA) is 66.9 Å². The SMILES string of the molecule is COCc1cc(N2CCC(c3[nH]ncc3-c3ccccc3)CC2)ncn1. The Morgan fingerprint density at radius 3 is 2.73 bits per heavy atom. The van der Waals surface area contributed by atoms with Crippen molar-refractivity contribution in [1.29, 1.82) is 0 Å². The van der Waals surface area contributed by atoms with Gasteiger partial charge in [0.25, 0.3) is 0 Å². The molecular formula is C20H23N5O. The van der Waals surface area contributed by atoms with E-state index in [9.17, 15) is 0 Å². The molecule has 4 rings (SSSR count). The summed E-state index contributed by atoms with van der Waals surface area (Å²) in [4.78, 5) is 11.0. The highest BCUT2D eigenvalue weighted by atomic mass is 16.5. The second-order valence-corrected chi connectivity index (χ2v) is 6.63. The molecule has 0 bridgehead atoms. The molecule has 0 atom stereocenters. The number of ether oxygens (including phenoxy) is 1. The van der Waals surface area contributed by atoms with Crippen molar-refractivity contribution < 1.29 is 4.74 Å². The lowest BCUT2D eigenvalue weighted by molar-refractivity contribution is 0.181. The molecule has 0 aliphatic carbocycles. The molecule has 1 fully saturated rings. The predicted octanol–water partition coefficient (Wildman–Crippen LogP) is 3.40. The van der Waals surface area contributed by atoms with Crippen molar-refractivity contribution >= 4 is 5.82 Å². The normalized spacial score (nSPS) is 15.3. The number of nitrogens with one attached hydrogen (secondary N) is 1. The first-order valence-corrected chi connectivity index (χ1v) is 8.98. The zero-order valence-electron chi connectivity index (χ0n) is 14.9. The summed E-state index contributed by atoms with van der Waals surface area (Å²) in [5.74, 6) is 1.47. The molecule has 0 spiro atoms. The molecular weight excluding hydrogens is 326 g/mol. The fourth-order valence-electron chi connectivity index (χ4n) is 3.64. The molecule has 2 aromatic heterocycles. The van der Waals surface area contributed by atoms with E-state index in [0.717, 1.165) is 37.4 Å². The third-order valence-corrected chi connectivity index (χ3v) is 4.98. The Morgan fingerprint density at radius 1 is 1.15 bits per heavy atom. The van der Waals surface area contributed by atoms with Crippen molar-refractivity contribution in [1.82, 2.24) is 20.2 Å². The highest BCUT2D eigenvalue weighted by molar-refractivity contribution is 5.65. The Bertz CT molecular complexity index is 840. The van der Waals surface area contributed by atoms with Gasteiger partial charge in [0.05, 0.1) is 18.5 Å². The third-order valence-electron chi connectivity index (χ3n) is 4.98. The van der Waals surface area contributed by atoms with Gasteiger partial charge in [-0.25, -0.2) is 9.97 Å². The average molecular weight is 349 g/mol. The fourth-order valence-corrected chi connectivity index (χ4v) is 3.64. The first kappa shape index (κ1) is 16.7. The standard InChI is InChI=1S/C20H23N5O/c1-26-13-17-11-19(22-14-21-17)25-9-7-16(8-10-25)20-18(12-23-24-20)15-5-3-2-4-6-15/h2-6,11-12,14,16H,7-10,13H2,1H3,(H,23,24). The first-order chi connectivity index (χ1) is 12.8. The van der Waals surface area contributed by atoms with Crippen LogP contribution in [0, 0.1) is 0 Å². The summed E-state index contributed by atoms with van der Waals surface area (Å²) >= 11 is 0. The van der Waals surface area contributed by atoms with E-state index in [1.165, 1.54) is 16.8 Å². The van der Waals surface area contributed by atoms with E-state index in [1.807, 2.05) is 18.3 Å². The number of aromatic nitrogens is 4. The number of H-pyrrole nitrogens is 1. The smallest absolute Gasteiger partial charge is 0.132 e. The molecule has 26 heavy (non-hydrogen) atoms. The van der Waals surface area contributed by atoms with Gasteiger partial charge in [0.15, 0.2) is 0 Å². The molecule has 1 aliphatic rings. The fraction of sp³-hybridized carbons (Fsp3) is 0.350. The minimum atomic E-state index is 0.490. The van der Waals surface area contributed by atoms with Gasteiger partial charge in [0.2, 0.25) is 0 Å². The zero-order chi connectivity index (χ0) is 17.8. The van der Waals surface area contributed by atoms with Crippen molar-refractivity contribution in [2.24, 2.45) is 0 Å². The Labute approximate surface area is 153 Å². The Kier molecular flexibility index (Phi) is 4.93. The molecule has 1 aromatic carbocycles. The van der Waals surface area contributed by atoms with E-state index in [4.69, 9.17) is 4.74 Å². The van der Waals surface area contributed by atoms with Crippen molar-refractivity contribution in [2.75, 3.05) is 25.1 Å². The number of rotatable bonds is 5. The predicted molar refractivity (Wildman–Crippen MR) is 101 cm³/mol. The van der Waals surface area contributed by atoms with E-state index in [0.29, 0.717) is 12.5 Å². The second-order valence-electron chi connectivity index (χ2n) is 6.63.